The number of benzene rings is 2. The Morgan fingerprint density at radius 3 is 1.54 bits per heavy atom. The van der Waals surface area contributed by atoms with Crippen LogP contribution in [-0.4, -0.2) is 65.8 Å². The first-order valence-electron chi connectivity index (χ1n) is 11.4. The molecule has 41 heavy (non-hydrogen) atoms. The maximum absolute atomic E-state index is 8.74. The number of hydrogen-bond acceptors (Lipinski definition) is 8. The van der Waals surface area contributed by atoms with E-state index >= 15 is 0 Å². The summed E-state index contributed by atoms with van der Waals surface area (Å²) in [7, 11) is -9.33. The Labute approximate surface area is 240 Å². The van der Waals surface area contributed by atoms with Crippen molar-refractivity contribution in [2.45, 2.75) is 45.6 Å². The van der Waals surface area contributed by atoms with Gasteiger partial charge in [-0.05, 0) is 38.8 Å². The molecule has 0 bridgehead atoms. The maximum Gasteiger partial charge on any atom is 0.394 e. The van der Waals surface area contributed by atoms with Gasteiger partial charge in [0.25, 0.3) is 0 Å². The second kappa shape index (κ2) is 18.9. The molecule has 0 aliphatic rings. The van der Waals surface area contributed by atoms with Crippen molar-refractivity contribution >= 4 is 32.7 Å². The summed E-state index contributed by atoms with van der Waals surface area (Å²) in [5.74, 6) is 0.133. The average molecular weight is 625 g/mol. The second-order valence-corrected chi connectivity index (χ2v) is 10.5. The van der Waals surface area contributed by atoms with E-state index < -0.39 is 26.5 Å². The van der Waals surface area contributed by atoms with Crippen molar-refractivity contribution in [1.82, 2.24) is 0 Å². The summed E-state index contributed by atoms with van der Waals surface area (Å²) in [6.45, 7) is 9.16. The molecule has 12 N–H and O–H groups in total. The van der Waals surface area contributed by atoms with Gasteiger partial charge in [0.1, 0.15) is 0 Å². The Balaban J connectivity index is 0. The Hall–Kier alpha value is -3.36. The Morgan fingerprint density at radius 2 is 1.15 bits per heavy atom. The van der Waals surface area contributed by atoms with Gasteiger partial charge in [-0.1, -0.05) is 60.7 Å². The second-order valence-electron chi connectivity index (χ2n) is 8.68. The molecular formula is C23H40N6O10S2. The van der Waals surface area contributed by atoms with Crippen LogP contribution < -0.4 is 22.9 Å². The third-order valence-corrected chi connectivity index (χ3v) is 4.15. The zero-order valence-corrected chi connectivity index (χ0v) is 24.8. The van der Waals surface area contributed by atoms with E-state index in [9.17, 15) is 0 Å². The van der Waals surface area contributed by atoms with Gasteiger partial charge in [-0.3, -0.25) is 23.2 Å². The van der Waals surface area contributed by atoms with Crippen molar-refractivity contribution in [2.75, 3.05) is 13.2 Å². The summed E-state index contributed by atoms with van der Waals surface area (Å²) >= 11 is 0. The van der Waals surface area contributed by atoms with Crippen LogP contribution in [-0.2, 0) is 42.5 Å². The number of guanidine groups is 2. The third-order valence-electron chi connectivity index (χ3n) is 4.15. The standard InChI is InChI=1S/C12H19N3O.C11H17N3O.2H2O4S/c1-12(2,10-6-4-3-5-7-10)16-9-8-15-11(13)14;1-11(2,14-10(12)13)15-8-9-6-4-3-5-7-9;2*1-5(2,3)4/h3-7H,8-9H2,1-2H3,(H4,13,14,15);3-7H,8H2,1-2H3,(H4,12,13,14);2*(H2,1,2,3,4). The molecule has 0 radical (unpaired) electrons. The van der Waals surface area contributed by atoms with Crippen molar-refractivity contribution in [3.63, 3.8) is 0 Å². The molecule has 0 aromatic heterocycles. The average Bonchev–Trinajstić information content (AvgIpc) is 2.79. The molecular weight excluding hydrogens is 584 g/mol. The number of ether oxygens (including phenoxy) is 2. The van der Waals surface area contributed by atoms with Crippen LogP contribution in [0.2, 0.25) is 0 Å². The van der Waals surface area contributed by atoms with Crippen LogP contribution in [0, 0.1) is 0 Å². The molecule has 0 amide bonds. The molecule has 0 saturated carbocycles. The van der Waals surface area contributed by atoms with Crippen molar-refractivity contribution < 1.29 is 44.5 Å². The van der Waals surface area contributed by atoms with Gasteiger partial charge in [-0.15, -0.1) is 0 Å². The lowest BCUT2D eigenvalue weighted by Crippen LogP contribution is -2.31. The molecule has 2 aromatic carbocycles. The topological polar surface area (TPSA) is 296 Å². The van der Waals surface area contributed by atoms with Gasteiger partial charge in [-0.2, -0.15) is 16.8 Å². The first kappa shape index (κ1) is 39.8. The van der Waals surface area contributed by atoms with Crippen molar-refractivity contribution in [3.8, 4) is 0 Å². The zero-order valence-electron chi connectivity index (χ0n) is 23.2. The van der Waals surface area contributed by atoms with Crippen LogP contribution in [0.5, 0.6) is 0 Å². The highest BCUT2D eigenvalue weighted by atomic mass is 32.3. The van der Waals surface area contributed by atoms with E-state index in [1.165, 1.54) is 0 Å². The quantitative estimate of drug-likeness (QED) is 0.0839. The molecule has 16 nitrogen and oxygen atoms in total. The Kier molecular flexibility index (Phi) is 18.3. The van der Waals surface area contributed by atoms with Crippen molar-refractivity contribution in [3.05, 3.63) is 71.8 Å². The summed E-state index contributed by atoms with van der Waals surface area (Å²) < 4.78 is 74.5. The van der Waals surface area contributed by atoms with Crippen molar-refractivity contribution in [2.24, 2.45) is 32.9 Å². The molecule has 2 rings (SSSR count). The molecule has 0 aliphatic carbocycles. The number of rotatable bonds is 9. The lowest BCUT2D eigenvalue weighted by Gasteiger charge is -2.25. The highest BCUT2D eigenvalue weighted by Gasteiger charge is 2.20. The lowest BCUT2D eigenvalue weighted by atomic mass is 9.98. The van der Waals surface area contributed by atoms with Gasteiger partial charge < -0.3 is 32.4 Å². The van der Waals surface area contributed by atoms with E-state index in [-0.39, 0.29) is 17.5 Å². The first-order valence-corrected chi connectivity index (χ1v) is 14.2. The molecule has 2 aromatic rings. The SMILES string of the molecule is CC(C)(N=C(N)N)OCc1ccccc1.CC(C)(OCCN=C(N)N)c1ccccc1.O=S(=O)(O)O.O=S(=O)(O)O. The Bertz CT molecular complexity index is 1220. The Morgan fingerprint density at radius 1 is 0.732 bits per heavy atom. The highest BCUT2D eigenvalue weighted by Crippen LogP contribution is 2.23. The smallest absolute Gasteiger partial charge is 0.370 e. The van der Waals surface area contributed by atoms with Crippen LogP contribution in [0.15, 0.2) is 70.6 Å². The minimum absolute atomic E-state index is 0.0352. The minimum Gasteiger partial charge on any atom is -0.370 e. The van der Waals surface area contributed by atoms with E-state index in [1.807, 2.05) is 88.4 Å². The zero-order chi connectivity index (χ0) is 32.3. The van der Waals surface area contributed by atoms with Crippen LogP contribution in [0.1, 0.15) is 38.8 Å². The van der Waals surface area contributed by atoms with E-state index in [2.05, 4.69) is 9.98 Å². The van der Waals surface area contributed by atoms with E-state index in [1.54, 1.807) is 0 Å². The summed E-state index contributed by atoms with van der Waals surface area (Å²) in [5, 5.41) is 0. The first-order chi connectivity index (χ1) is 18.5. The van der Waals surface area contributed by atoms with Crippen molar-refractivity contribution in [1.29, 1.82) is 0 Å². The molecule has 0 fully saturated rings. The summed E-state index contributed by atoms with van der Waals surface area (Å²) in [6, 6.07) is 19.9. The molecule has 0 spiro atoms. The summed E-state index contributed by atoms with van der Waals surface area (Å²) in [4.78, 5) is 7.84. The molecule has 0 saturated heterocycles. The summed E-state index contributed by atoms with van der Waals surface area (Å²) in [5.41, 5.74) is 22.3. The van der Waals surface area contributed by atoms with Crippen LogP contribution in [0.25, 0.3) is 0 Å². The van der Waals surface area contributed by atoms with Gasteiger partial charge in [-0.25, -0.2) is 4.99 Å². The van der Waals surface area contributed by atoms with E-state index in [4.69, 9.17) is 67.5 Å². The normalized spacial score (nSPS) is 11.2. The highest BCUT2D eigenvalue weighted by molar-refractivity contribution is 7.80. The van der Waals surface area contributed by atoms with Gasteiger partial charge >= 0.3 is 20.8 Å². The molecule has 0 unspecified atom stereocenters. The monoisotopic (exact) mass is 624 g/mol. The van der Waals surface area contributed by atoms with E-state index in [0.717, 1.165) is 11.1 Å². The third kappa shape index (κ3) is 31.0. The lowest BCUT2D eigenvalue weighted by molar-refractivity contribution is -0.0224. The maximum atomic E-state index is 8.74. The number of nitrogens with zero attached hydrogens (tertiary/aromatic N) is 2. The van der Waals surface area contributed by atoms with Gasteiger partial charge in [0.2, 0.25) is 0 Å². The van der Waals surface area contributed by atoms with Gasteiger partial charge in [0.15, 0.2) is 17.6 Å². The fourth-order valence-corrected chi connectivity index (χ4v) is 2.58. The van der Waals surface area contributed by atoms with Gasteiger partial charge in [0.05, 0.1) is 25.4 Å². The number of hydrogen-bond donors (Lipinski definition) is 8. The molecule has 18 heteroatoms. The molecule has 0 heterocycles. The number of nitrogens with two attached hydrogens (primary N) is 4. The molecule has 0 atom stereocenters. The number of aliphatic imine (C=N–C) groups is 2. The molecule has 0 aliphatic heterocycles. The van der Waals surface area contributed by atoms with Crippen LogP contribution in [0.3, 0.4) is 0 Å². The largest absolute Gasteiger partial charge is 0.394 e. The predicted molar refractivity (Wildman–Crippen MR) is 156 cm³/mol. The van der Waals surface area contributed by atoms with Crippen LogP contribution >= 0.6 is 0 Å². The van der Waals surface area contributed by atoms with Gasteiger partial charge in [0, 0.05) is 0 Å². The summed E-state index contributed by atoms with van der Waals surface area (Å²) in [6.07, 6.45) is 0. The minimum atomic E-state index is -4.67. The fraction of sp³-hybridized carbons (Fsp3) is 0.391. The molecule has 234 valence electrons. The fourth-order valence-electron chi connectivity index (χ4n) is 2.58. The predicted octanol–water partition coefficient (Wildman–Crippen LogP) is 1.12. The van der Waals surface area contributed by atoms with E-state index in [0.29, 0.717) is 19.8 Å². The van der Waals surface area contributed by atoms with Crippen LogP contribution in [0.4, 0.5) is 0 Å².